The molecule has 0 aliphatic rings. The van der Waals surface area contributed by atoms with Gasteiger partial charge in [0.05, 0.1) is 22.8 Å². The van der Waals surface area contributed by atoms with Gasteiger partial charge in [-0.05, 0) is 51.8 Å². The summed E-state index contributed by atoms with van der Waals surface area (Å²) in [5.41, 5.74) is 2.96. The van der Waals surface area contributed by atoms with Crippen LogP contribution in [0.1, 0.15) is 10.6 Å². The lowest BCUT2D eigenvalue weighted by atomic mass is 10.1. The quantitative estimate of drug-likeness (QED) is 0.447. The Morgan fingerprint density at radius 3 is 2.81 bits per heavy atom. The van der Waals surface area contributed by atoms with Crippen LogP contribution in [-0.4, -0.2) is 17.2 Å². The molecule has 0 saturated carbocycles. The zero-order chi connectivity index (χ0) is 18.7. The molecule has 0 radical (unpaired) electrons. The number of hydrogen-bond acceptors (Lipinski definition) is 5. The molecule has 2 aromatic carbocycles. The average Bonchev–Trinajstić information content (AvgIpc) is 3.12. The van der Waals surface area contributed by atoms with Gasteiger partial charge in [0.1, 0.15) is 11.1 Å². The Kier molecular flexibility index (Phi) is 5.77. The Bertz CT molecular complexity index is 1040. The molecule has 130 valence electrons. The second-order valence-electron chi connectivity index (χ2n) is 5.27. The van der Waals surface area contributed by atoms with E-state index in [1.54, 1.807) is 18.2 Å². The van der Waals surface area contributed by atoms with Crippen molar-refractivity contribution < 1.29 is 9.84 Å². The Morgan fingerprint density at radius 1 is 1.31 bits per heavy atom. The van der Waals surface area contributed by atoms with Crippen LogP contribution in [0.4, 0.5) is 0 Å². The van der Waals surface area contributed by atoms with E-state index in [-0.39, 0.29) is 5.75 Å². The average molecular weight is 492 g/mol. The number of ether oxygens (including phenoxy) is 1. The Hall–Kier alpha value is -2.14. The van der Waals surface area contributed by atoms with E-state index in [9.17, 15) is 10.4 Å². The second-order valence-corrected chi connectivity index (χ2v) is 7.90. The van der Waals surface area contributed by atoms with Crippen LogP contribution >= 0.6 is 43.2 Å². The highest BCUT2D eigenvalue weighted by Gasteiger charge is 2.12. The molecule has 0 spiro atoms. The van der Waals surface area contributed by atoms with E-state index in [2.05, 4.69) is 42.9 Å². The fourth-order valence-corrected chi connectivity index (χ4v) is 3.97. The van der Waals surface area contributed by atoms with Crippen molar-refractivity contribution in [3.63, 3.8) is 0 Å². The number of aromatic hydroxyl groups is 1. The zero-order valence-corrected chi connectivity index (χ0v) is 17.5. The number of halogens is 2. The molecule has 0 saturated heterocycles. The number of benzene rings is 2. The summed E-state index contributed by atoms with van der Waals surface area (Å²) in [6, 6.07) is 13.4. The van der Waals surface area contributed by atoms with Crippen molar-refractivity contribution in [1.29, 1.82) is 5.26 Å². The summed E-state index contributed by atoms with van der Waals surface area (Å²) >= 11 is 8.15. The third kappa shape index (κ3) is 3.98. The number of phenolic OH excluding ortho intramolecular Hbond substituents is 1. The molecule has 1 N–H and O–H groups in total. The van der Waals surface area contributed by atoms with Gasteiger partial charge in [-0.25, -0.2) is 4.98 Å². The van der Waals surface area contributed by atoms with E-state index in [4.69, 9.17) is 4.74 Å². The normalized spacial score (nSPS) is 11.2. The van der Waals surface area contributed by atoms with Gasteiger partial charge >= 0.3 is 0 Å². The minimum atomic E-state index is 0.0225. The van der Waals surface area contributed by atoms with Crippen LogP contribution in [0.3, 0.4) is 0 Å². The number of nitriles is 1. The third-order valence-corrected chi connectivity index (χ3v) is 5.53. The van der Waals surface area contributed by atoms with Crippen LogP contribution < -0.4 is 4.74 Å². The number of rotatable bonds is 4. The first kappa shape index (κ1) is 18.6. The van der Waals surface area contributed by atoms with E-state index in [1.807, 2.05) is 29.6 Å². The van der Waals surface area contributed by atoms with Gasteiger partial charge in [-0.15, -0.1) is 11.3 Å². The summed E-state index contributed by atoms with van der Waals surface area (Å²) < 4.78 is 6.62. The Morgan fingerprint density at radius 2 is 2.12 bits per heavy atom. The second kappa shape index (κ2) is 8.04. The molecule has 0 amide bonds. The van der Waals surface area contributed by atoms with Crippen molar-refractivity contribution in [2.45, 2.75) is 0 Å². The van der Waals surface area contributed by atoms with Crippen molar-refractivity contribution in [3.05, 3.63) is 61.3 Å². The van der Waals surface area contributed by atoms with Gasteiger partial charge in [-0.2, -0.15) is 5.26 Å². The van der Waals surface area contributed by atoms with Gasteiger partial charge in [0.15, 0.2) is 11.5 Å². The monoisotopic (exact) mass is 490 g/mol. The van der Waals surface area contributed by atoms with Crippen LogP contribution in [0.25, 0.3) is 22.9 Å². The first-order chi connectivity index (χ1) is 12.5. The summed E-state index contributed by atoms with van der Waals surface area (Å²) in [6.45, 7) is 0. The number of aromatic nitrogens is 1. The molecule has 4 nitrogen and oxygen atoms in total. The van der Waals surface area contributed by atoms with Crippen LogP contribution in [0, 0.1) is 11.3 Å². The van der Waals surface area contributed by atoms with E-state index < -0.39 is 0 Å². The smallest absolute Gasteiger partial charge is 0.172 e. The Labute approximate surface area is 171 Å². The molecule has 0 aliphatic carbocycles. The topological polar surface area (TPSA) is 66.1 Å². The standard InChI is InChI=1S/C19H12Br2N2O2S/c1-25-17-7-11(6-15(21)18(17)24)5-13(9-22)19-23-16(10-26-19)12-3-2-4-14(20)8-12/h2-8,10,24H,1H3/b13-5-. The maximum absolute atomic E-state index is 9.91. The molecule has 26 heavy (non-hydrogen) atoms. The van der Waals surface area contributed by atoms with Gasteiger partial charge in [0.2, 0.25) is 0 Å². The summed E-state index contributed by atoms with van der Waals surface area (Å²) in [7, 11) is 1.48. The van der Waals surface area contributed by atoms with Gasteiger partial charge in [0.25, 0.3) is 0 Å². The molecule has 0 aliphatic heterocycles. The van der Waals surface area contributed by atoms with Crippen LogP contribution in [0.2, 0.25) is 0 Å². The molecule has 3 aromatic rings. The predicted molar refractivity (Wildman–Crippen MR) is 111 cm³/mol. The lowest BCUT2D eigenvalue weighted by Crippen LogP contribution is -1.87. The lowest BCUT2D eigenvalue weighted by Gasteiger charge is -2.06. The molecular weight excluding hydrogens is 480 g/mol. The van der Waals surface area contributed by atoms with E-state index in [1.165, 1.54) is 18.4 Å². The molecular formula is C19H12Br2N2O2S. The first-order valence-corrected chi connectivity index (χ1v) is 9.88. The van der Waals surface area contributed by atoms with Crippen LogP contribution in [0.5, 0.6) is 11.5 Å². The van der Waals surface area contributed by atoms with E-state index in [0.29, 0.717) is 20.8 Å². The van der Waals surface area contributed by atoms with E-state index >= 15 is 0 Å². The lowest BCUT2D eigenvalue weighted by molar-refractivity contribution is 0.372. The fraction of sp³-hybridized carbons (Fsp3) is 0.0526. The van der Waals surface area contributed by atoms with Gasteiger partial charge in [-0.3, -0.25) is 0 Å². The van der Waals surface area contributed by atoms with Crippen LogP contribution in [0.15, 0.2) is 50.7 Å². The number of methoxy groups -OCH3 is 1. The molecule has 3 rings (SSSR count). The highest BCUT2D eigenvalue weighted by atomic mass is 79.9. The fourth-order valence-electron chi connectivity index (χ4n) is 2.32. The molecule has 0 unspecified atom stereocenters. The van der Waals surface area contributed by atoms with Crippen LogP contribution in [-0.2, 0) is 0 Å². The predicted octanol–water partition coefficient (Wildman–Crippen LogP) is 6.11. The largest absolute Gasteiger partial charge is 0.503 e. The minimum Gasteiger partial charge on any atom is -0.503 e. The molecule has 1 heterocycles. The van der Waals surface area contributed by atoms with Crippen molar-refractivity contribution in [1.82, 2.24) is 4.98 Å². The third-order valence-electron chi connectivity index (χ3n) is 3.56. The highest BCUT2D eigenvalue weighted by Crippen LogP contribution is 2.36. The van der Waals surface area contributed by atoms with Gasteiger partial charge in [-0.1, -0.05) is 28.1 Å². The van der Waals surface area contributed by atoms with Crippen molar-refractivity contribution in [2.24, 2.45) is 0 Å². The molecule has 0 atom stereocenters. The zero-order valence-electron chi connectivity index (χ0n) is 13.5. The Balaban J connectivity index is 1.99. The molecule has 1 aromatic heterocycles. The number of phenols is 1. The minimum absolute atomic E-state index is 0.0225. The maximum atomic E-state index is 9.91. The van der Waals surface area contributed by atoms with Gasteiger partial charge < -0.3 is 9.84 Å². The van der Waals surface area contributed by atoms with Crippen molar-refractivity contribution in [2.75, 3.05) is 7.11 Å². The molecule has 7 heteroatoms. The van der Waals surface area contributed by atoms with Gasteiger partial charge in [0, 0.05) is 15.4 Å². The summed E-state index contributed by atoms with van der Waals surface area (Å²) in [5.74, 6) is 0.353. The number of allylic oxidation sites excluding steroid dienone is 1. The SMILES string of the molecule is COc1cc(/C=C(/C#N)c2nc(-c3cccc(Br)c3)cs2)cc(Br)c1O. The number of nitrogens with zero attached hydrogens (tertiary/aromatic N) is 2. The number of thiazole rings is 1. The maximum Gasteiger partial charge on any atom is 0.172 e. The first-order valence-electron chi connectivity index (χ1n) is 7.42. The van der Waals surface area contributed by atoms with Crippen molar-refractivity contribution >= 4 is 54.8 Å². The summed E-state index contributed by atoms with van der Waals surface area (Å²) in [5, 5.41) is 22.0. The van der Waals surface area contributed by atoms with Crippen molar-refractivity contribution in [3.8, 4) is 28.8 Å². The summed E-state index contributed by atoms with van der Waals surface area (Å²) in [4.78, 5) is 4.59. The highest BCUT2D eigenvalue weighted by molar-refractivity contribution is 9.10. The van der Waals surface area contributed by atoms with E-state index in [0.717, 1.165) is 21.3 Å². The molecule has 0 fully saturated rings. The summed E-state index contributed by atoms with van der Waals surface area (Å²) in [6.07, 6.45) is 1.72. The molecule has 0 bridgehead atoms. The number of hydrogen-bond donors (Lipinski definition) is 1.